The predicted molar refractivity (Wildman–Crippen MR) is 70.1 cm³/mol. The first kappa shape index (κ1) is 13.7. The maximum atomic E-state index is 11.8. The lowest BCUT2D eigenvalue weighted by Gasteiger charge is -2.22. The normalized spacial score (nSPS) is 15.2. The highest BCUT2D eigenvalue weighted by atomic mass is 16.7. The SMILES string of the molecule is CC(C)(C)OC(=O)[C@H](N)Cc1ccc2c(c1)OCO2. The van der Waals surface area contributed by atoms with Crippen molar-refractivity contribution in [3.63, 3.8) is 0 Å². The molecule has 1 aliphatic rings. The maximum Gasteiger partial charge on any atom is 0.323 e. The van der Waals surface area contributed by atoms with Crippen LogP contribution in [-0.2, 0) is 16.0 Å². The molecule has 2 N–H and O–H groups in total. The number of benzene rings is 1. The van der Waals surface area contributed by atoms with E-state index in [2.05, 4.69) is 0 Å². The molecule has 0 bridgehead atoms. The number of hydrogen-bond donors (Lipinski definition) is 1. The average Bonchev–Trinajstić information content (AvgIpc) is 2.73. The van der Waals surface area contributed by atoms with Crippen LogP contribution in [0.25, 0.3) is 0 Å². The Morgan fingerprint density at radius 2 is 2.05 bits per heavy atom. The minimum atomic E-state index is -0.681. The first-order valence-corrected chi connectivity index (χ1v) is 6.22. The second kappa shape index (κ2) is 5.09. The summed E-state index contributed by atoms with van der Waals surface area (Å²) in [7, 11) is 0. The zero-order chi connectivity index (χ0) is 14.0. The molecule has 0 radical (unpaired) electrons. The van der Waals surface area contributed by atoms with Crippen LogP contribution < -0.4 is 15.2 Å². The molecule has 5 nitrogen and oxygen atoms in total. The topological polar surface area (TPSA) is 70.8 Å². The summed E-state index contributed by atoms with van der Waals surface area (Å²) in [5.41, 5.74) is 6.25. The minimum Gasteiger partial charge on any atom is -0.459 e. The van der Waals surface area contributed by atoms with Gasteiger partial charge < -0.3 is 19.9 Å². The van der Waals surface area contributed by atoms with Crippen molar-refractivity contribution in [3.8, 4) is 11.5 Å². The van der Waals surface area contributed by atoms with Gasteiger partial charge in [0.05, 0.1) is 0 Å². The second-order valence-corrected chi connectivity index (χ2v) is 5.53. The molecule has 5 heteroatoms. The molecule has 2 rings (SSSR count). The van der Waals surface area contributed by atoms with Crippen LogP contribution in [0.5, 0.6) is 11.5 Å². The second-order valence-electron chi connectivity index (χ2n) is 5.53. The van der Waals surface area contributed by atoms with Crippen molar-refractivity contribution in [1.82, 2.24) is 0 Å². The van der Waals surface area contributed by atoms with Crippen LogP contribution in [0.1, 0.15) is 26.3 Å². The van der Waals surface area contributed by atoms with E-state index in [1.165, 1.54) is 0 Å². The van der Waals surface area contributed by atoms with E-state index in [0.717, 1.165) is 11.3 Å². The lowest BCUT2D eigenvalue weighted by atomic mass is 10.1. The molecule has 0 fully saturated rings. The number of rotatable bonds is 3. The molecule has 1 heterocycles. The Bertz CT molecular complexity index is 479. The highest BCUT2D eigenvalue weighted by Gasteiger charge is 2.23. The molecule has 0 spiro atoms. The van der Waals surface area contributed by atoms with E-state index in [1.807, 2.05) is 39.0 Å². The molecule has 0 saturated carbocycles. The Kier molecular flexibility index (Phi) is 3.66. The van der Waals surface area contributed by atoms with Gasteiger partial charge in [-0.3, -0.25) is 4.79 Å². The Morgan fingerprint density at radius 3 is 2.74 bits per heavy atom. The van der Waals surface area contributed by atoms with Crippen LogP contribution in [0.3, 0.4) is 0 Å². The zero-order valence-corrected chi connectivity index (χ0v) is 11.4. The molecule has 1 aliphatic heterocycles. The molecule has 0 amide bonds. The summed E-state index contributed by atoms with van der Waals surface area (Å²) in [5.74, 6) is 1.01. The zero-order valence-electron chi connectivity index (χ0n) is 11.4. The Labute approximate surface area is 112 Å². The first-order valence-electron chi connectivity index (χ1n) is 6.22. The van der Waals surface area contributed by atoms with Crippen molar-refractivity contribution >= 4 is 5.97 Å². The number of nitrogens with two attached hydrogens (primary N) is 1. The summed E-state index contributed by atoms with van der Waals surface area (Å²) in [5, 5.41) is 0. The molecule has 0 saturated heterocycles. The van der Waals surface area contributed by atoms with Gasteiger partial charge in [0.15, 0.2) is 11.5 Å². The van der Waals surface area contributed by atoms with E-state index in [1.54, 1.807) is 0 Å². The summed E-state index contributed by atoms with van der Waals surface area (Å²) in [6, 6.07) is 4.85. The lowest BCUT2D eigenvalue weighted by Crippen LogP contribution is -2.38. The number of esters is 1. The van der Waals surface area contributed by atoms with Crippen molar-refractivity contribution in [2.24, 2.45) is 5.73 Å². The Morgan fingerprint density at radius 1 is 1.37 bits per heavy atom. The van der Waals surface area contributed by atoms with Crippen LogP contribution in [-0.4, -0.2) is 24.4 Å². The third kappa shape index (κ3) is 3.61. The quantitative estimate of drug-likeness (QED) is 0.841. The fourth-order valence-electron chi connectivity index (χ4n) is 1.78. The maximum absolute atomic E-state index is 11.8. The predicted octanol–water partition coefficient (Wildman–Crippen LogP) is 1.63. The third-order valence-corrected chi connectivity index (χ3v) is 2.60. The largest absolute Gasteiger partial charge is 0.459 e. The smallest absolute Gasteiger partial charge is 0.323 e. The van der Waals surface area contributed by atoms with Crippen molar-refractivity contribution in [1.29, 1.82) is 0 Å². The average molecular weight is 265 g/mol. The number of carbonyl (C=O) groups excluding carboxylic acids is 1. The van der Waals surface area contributed by atoms with Crippen molar-refractivity contribution in [2.75, 3.05) is 6.79 Å². The van der Waals surface area contributed by atoms with Gasteiger partial charge in [0, 0.05) is 0 Å². The third-order valence-electron chi connectivity index (χ3n) is 2.60. The summed E-state index contributed by atoms with van der Waals surface area (Å²) in [6.45, 7) is 5.69. The summed E-state index contributed by atoms with van der Waals surface area (Å²) in [4.78, 5) is 11.8. The van der Waals surface area contributed by atoms with Gasteiger partial charge in [0.25, 0.3) is 0 Å². The molecule has 19 heavy (non-hydrogen) atoms. The van der Waals surface area contributed by atoms with E-state index in [0.29, 0.717) is 12.2 Å². The molecule has 0 aromatic heterocycles. The van der Waals surface area contributed by atoms with Gasteiger partial charge in [-0.25, -0.2) is 0 Å². The van der Waals surface area contributed by atoms with E-state index >= 15 is 0 Å². The Balaban J connectivity index is 1.99. The van der Waals surface area contributed by atoms with Crippen molar-refractivity contribution in [3.05, 3.63) is 23.8 Å². The molecular formula is C14H19NO4. The number of hydrogen-bond acceptors (Lipinski definition) is 5. The molecule has 0 unspecified atom stereocenters. The van der Waals surface area contributed by atoms with Crippen LogP contribution in [0.2, 0.25) is 0 Å². The van der Waals surface area contributed by atoms with Gasteiger partial charge in [-0.15, -0.1) is 0 Å². The molecule has 0 aliphatic carbocycles. The Hall–Kier alpha value is -1.75. The van der Waals surface area contributed by atoms with E-state index < -0.39 is 17.6 Å². The van der Waals surface area contributed by atoms with Crippen LogP contribution in [0.4, 0.5) is 0 Å². The summed E-state index contributed by atoms with van der Waals surface area (Å²) >= 11 is 0. The van der Waals surface area contributed by atoms with Gasteiger partial charge in [0.2, 0.25) is 6.79 Å². The van der Waals surface area contributed by atoms with Crippen LogP contribution in [0, 0.1) is 0 Å². The van der Waals surface area contributed by atoms with Gasteiger partial charge in [-0.05, 0) is 44.9 Å². The van der Waals surface area contributed by atoms with Gasteiger partial charge in [-0.1, -0.05) is 6.07 Å². The molecule has 1 atom stereocenters. The standard InChI is InChI=1S/C14H19NO4/c1-14(2,3)19-13(16)10(15)6-9-4-5-11-12(7-9)18-8-17-11/h4-5,7,10H,6,8,15H2,1-3H3/t10-/m1/s1. The van der Waals surface area contributed by atoms with Crippen molar-refractivity contribution < 1.29 is 19.0 Å². The fraction of sp³-hybridized carbons (Fsp3) is 0.500. The summed E-state index contributed by atoms with van der Waals surface area (Å²) < 4.78 is 15.8. The van der Waals surface area contributed by atoms with Gasteiger partial charge in [-0.2, -0.15) is 0 Å². The van der Waals surface area contributed by atoms with Gasteiger partial charge in [0.1, 0.15) is 11.6 Å². The highest BCUT2D eigenvalue weighted by Crippen LogP contribution is 2.32. The van der Waals surface area contributed by atoms with Gasteiger partial charge >= 0.3 is 5.97 Å². The summed E-state index contributed by atoms with van der Waals surface area (Å²) in [6.07, 6.45) is 0.408. The lowest BCUT2D eigenvalue weighted by molar-refractivity contribution is -0.156. The monoisotopic (exact) mass is 265 g/mol. The molecular weight excluding hydrogens is 246 g/mol. The van der Waals surface area contributed by atoms with Crippen LogP contribution in [0.15, 0.2) is 18.2 Å². The van der Waals surface area contributed by atoms with Crippen LogP contribution >= 0.6 is 0 Å². The first-order chi connectivity index (χ1) is 8.85. The molecule has 104 valence electrons. The van der Waals surface area contributed by atoms with E-state index in [9.17, 15) is 4.79 Å². The number of fused-ring (bicyclic) bond motifs is 1. The fourth-order valence-corrected chi connectivity index (χ4v) is 1.78. The number of carbonyl (C=O) groups is 1. The van der Waals surface area contributed by atoms with E-state index in [4.69, 9.17) is 19.9 Å². The number of ether oxygens (including phenoxy) is 3. The minimum absolute atomic E-state index is 0.233. The highest BCUT2D eigenvalue weighted by molar-refractivity contribution is 5.76. The molecule has 1 aromatic rings. The van der Waals surface area contributed by atoms with Crippen molar-refractivity contribution in [2.45, 2.75) is 38.8 Å². The van der Waals surface area contributed by atoms with E-state index in [-0.39, 0.29) is 6.79 Å². The molecule has 1 aromatic carbocycles.